The van der Waals surface area contributed by atoms with E-state index in [4.69, 9.17) is 0 Å². The highest BCUT2D eigenvalue weighted by Gasteiger charge is 2.08. The van der Waals surface area contributed by atoms with E-state index in [1.807, 2.05) is 0 Å². The number of hydrogen-bond acceptors (Lipinski definition) is 2. The molecule has 0 spiro atoms. The molecule has 2 rings (SSSR count). The highest BCUT2D eigenvalue weighted by molar-refractivity contribution is 5.75. The predicted molar refractivity (Wildman–Crippen MR) is 64.0 cm³/mol. The third kappa shape index (κ3) is 3.07. The van der Waals surface area contributed by atoms with Crippen molar-refractivity contribution in [1.82, 2.24) is 5.32 Å². The Morgan fingerprint density at radius 3 is 2.14 bits per heavy atom. The van der Waals surface area contributed by atoms with E-state index >= 15 is 0 Å². The molecule has 0 bridgehead atoms. The highest BCUT2D eigenvalue weighted by Crippen LogP contribution is 2.12. The van der Waals surface area contributed by atoms with E-state index in [1.54, 1.807) is 0 Å². The van der Waals surface area contributed by atoms with Gasteiger partial charge in [0.1, 0.15) is 0 Å². The number of nitrogens with one attached hydrogen (secondary N) is 1. The lowest BCUT2D eigenvalue weighted by molar-refractivity contribution is 0.589. The monoisotopic (exact) mass is 189 g/mol. The van der Waals surface area contributed by atoms with Crippen molar-refractivity contribution in [2.75, 3.05) is 31.1 Å². The lowest BCUT2D eigenvalue weighted by atomic mass is 10.2. The van der Waals surface area contributed by atoms with Crippen molar-refractivity contribution in [3.63, 3.8) is 0 Å². The standard InChI is InChI=1S/C10H14N2.CH4.B/c1-2-4-10(5-3-1)12-8-6-11-7-9-12;;/h1-5,11H,6-9H2;1H4;. The maximum Gasteiger partial charge on any atom is 0.0367 e. The van der Waals surface area contributed by atoms with Crippen LogP contribution >= 0.6 is 0 Å². The maximum atomic E-state index is 3.34. The van der Waals surface area contributed by atoms with E-state index < -0.39 is 0 Å². The van der Waals surface area contributed by atoms with Crippen LogP contribution in [0.25, 0.3) is 0 Å². The summed E-state index contributed by atoms with van der Waals surface area (Å²) < 4.78 is 0. The molecule has 1 aliphatic heterocycles. The number of para-hydroxylation sites is 1. The van der Waals surface area contributed by atoms with Crippen molar-refractivity contribution < 1.29 is 0 Å². The SMILES string of the molecule is C.[B].c1ccc(N2CCNCC2)cc1. The van der Waals surface area contributed by atoms with Gasteiger partial charge in [-0.3, -0.25) is 0 Å². The summed E-state index contributed by atoms with van der Waals surface area (Å²) in [6, 6.07) is 10.6. The Kier molecular flexibility index (Phi) is 6.05. The molecule has 0 aliphatic carbocycles. The van der Waals surface area contributed by atoms with Gasteiger partial charge in [0.2, 0.25) is 0 Å². The van der Waals surface area contributed by atoms with Gasteiger partial charge in [0.05, 0.1) is 0 Å². The molecule has 75 valence electrons. The smallest absolute Gasteiger partial charge is 0.0367 e. The first-order chi connectivity index (χ1) is 5.97. The molecule has 3 radical (unpaired) electrons. The zero-order valence-corrected chi connectivity index (χ0v) is 7.74. The average molecular weight is 189 g/mol. The number of hydrogen-bond donors (Lipinski definition) is 1. The van der Waals surface area contributed by atoms with Crippen molar-refractivity contribution in [2.45, 2.75) is 7.43 Å². The fraction of sp³-hybridized carbons (Fsp3) is 0.455. The fourth-order valence-corrected chi connectivity index (χ4v) is 1.56. The van der Waals surface area contributed by atoms with Crippen molar-refractivity contribution in [2.24, 2.45) is 0 Å². The van der Waals surface area contributed by atoms with E-state index in [9.17, 15) is 0 Å². The van der Waals surface area contributed by atoms with Crippen molar-refractivity contribution in [1.29, 1.82) is 0 Å². The van der Waals surface area contributed by atoms with Gasteiger partial charge >= 0.3 is 0 Å². The molecule has 3 heteroatoms. The Morgan fingerprint density at radius 1 is 1.00 bits per heavy atom. The molecule has 1 aromatic carbocycles. The van der Waals surface area contributed by atoms with Crippen LogP contribution in [0.4, 0.5) is 5.69 Å². The molecule has 0 amide bonds. The van der Waals surface area contributed by atoms with Crippen LogP contribution in [0.1, 0.15) is 7.43 Å². The second-order valence-corrected chi connectivity index (χ2v) is 3.07. The van der Waals surface area contributed by atoms with E-state index in [-0.39, 0.29) is 15.8 Å². The Bertz CT molecular complexity index is 232. The van der Waals surface area contributed by atoms with E-state index in [1.165, 1.54) is 5.69 Å². The van der Waals surface area contributed by atoms with Gasteiger partial charge in [-0.05, 0) is 12.1 Å². The molecule has 0 atom stereocenters. The number of anilines is 1. The average Bonchev–Trinajstić information content (AvgIpc) is 2.21. The van der Waals surface area contributed by atoms with Crippen LogP contribution in [0.2, 0.25) is 0 Å². The summed E-state index contributed by atoms with van der Waals surface area (Å²) in [4.78, 5) is 2.41. The summed E-state index contributed by atoms with van der Waals surface area (Å²) in [6.07, 6.45) is 0. The van der Waals surface area contributed by atoms with E-state index in [2.05, 4.69) is 40.5 Å². The lowest BCUT2D eigenvalue weighted by Crippen LogP contribution is -2.43. The summed E-state index contributed by atoms with van der Waals surface area (Å²) in [5, 5.41) is 3.34. The first-order valence-corrected chi connectivity index (χ1v) is 4.47. The molecule has 14 heavy (non-hydrogen) atoms. The van der Waals surface area contributed by atoms with Crippen LogP contribution in [0, 0.1) is 0 Å². The van der Waals surface area contributed by atoms with Gasteiger partial charge < -0.3 is 10.2 Å². The van der Waals surface area contributed by atoms with Crippen molar-refractivity contribution >= 4 is 14.1 Å². The van der Waals surface area contributed by atoms with Gasteiger partial charge in [0.25, 0.3) is 0 Å². The van der Waals surface area contributed by atoms with Crippen molar-refractivity contribution in [3.05, 3.63) is 30.3 Å². The summed E-state index contributed by atoms with van der Waals surface area (Å²) in [5.74, 6) is 0. The minimum Gasteiger partial charge on any atom is -0.369 e. The zero-order chi connectivity index (χ0) is 8.23. The molecule has 0 saturated carbocycles. The Hall–Kier alpha value is -0.955. The van der Waals surface area contributed by atoms with Crippen LogP contribution in [-0.2, 0) is 0 Å². The second-order valence-electron chi connectivity index (χ2n) is 3.07. The van der Waals surface area contributed by atoms with Crippen LogP contribution in [0.3, 0.4) is 0 Å². The van der Waals surface area contributed by atoms with Gasteiger partial charge in [0, 0.05) is 40.3 Å². The third-order valence-corrected chi connectivity index (χ3v) is 2.24. The van der Waals surface area contributed by atoms with Crippen LogP contribution < -0.4 is 10.2 Å². The normalized spacial score (nSPS) is 15.3. The molecule has 1 saturated heterocycles. The summed E-state index contributed by atoms with van der Waals surface area (Å²) in [5.41, 5.74) is 1.35. The quantitative estimate of drug-likeness (QED) is 0.671. The van der Waals surface area contributed by atoms with Gasteiger partial charge in [-0.25, -0.2) is 0 Å². The van der Waals surface area contributed by atoms with Crippen LogP contribution in [0.5, 0.6) is 0 Å². The summed E-state index contributed by atoms with van der Waals surface area (Å²) >= 11 is 0. The van der Waals surface area contributed by atoms with E-state index in [0.717, 1.165) is 26.2 Å². The fourth-order valence-electron chi connectivity index (χ4n) is 1.56. The lowest BCUT2D eigenvalue weighted by Gasteiger charge is -2.29. The van der Waals surface area contributed by atoms with Gasteiger partial charge in [-0.1, -0.05) is 25.6 Å². The first kappa shape index (κ1) is 13.0. The number of benzene rings is 1. The molecule has 1 aliphatic rings. The number of nitrogens with zero attached hydrogens (tertiary/aromatic N) is 1. The third-order valence-electron chi connectivity index (χ3n) is 2.24. The molecule has 0 unspecified atom stereocenters. The molecule has 0 aromatic heterocycles. The summed E-state index contributed by atoms with van der Waals surface area (Å²) in [7, 11) is 0. The zero-order valence-electron chi connectivity index (χ0n) is 7.74. The minimum atomic E-state index is 0. The van der Waals surface area contributed by atoms with Gasteiger partial charge in [-0.2, -0.15) is 0 Å². The number of piperazine rings is 1. The molecule has 1 N–H and O–H groups in total. The second kappa shape index (κ2) is 6.49. The maximum absolute atomic E-state index is 3.34. The largest absolute Gasteiger partial charge is 0.369 e. The molecule has 1 fully saturated rings. The van der Waals surface area contributed by atoms with Crippen molar-refractivity contribution in [3.8, 4) is 0 Å². The highest BCUT2D eigenvalue weighted by atomic mass is 15.2. The molecular weight excluding hydrogens is 171 g/mol. The molecule has 1 aromatic rings. The van der Waals surface area contributed by atoms with E-state index in [0.29, 0.717) is 0 Å². The Morgan fingerprint density at radius 2 is 1.57 bits per heavy atom. The molecular formula is C11H18BN2. The minimum absolute atomic E-state index is 0. The Labute approximate surface area is 88.9 Å². The van der Waals surface area contributed by atoms with Gasteiger partial charge in [-0.15, -0.1) is 0 Å². The Balaban J connectivity index is 0.000000845. The first-order valence-electron chi connectivity index (χ1n) is 4.47. The predicted octanol–water partition coefficient (Wildman–Crippen LogP) is 1.35. The number of rotatable bonds is 1. The van der Waals surface area contributed by atoms with Crippen LogP contribution in [-0.4, -0.2) is 34.6 Å². The molecule has 2 nitrogen and oxygen atoms in total. The van der Waals surface area contributed by atoms with Gasteiger partial charge in [0.15, 0.2) is 0 Å². The van der Waals surface area contributed by atoms with Crippen LogP contribution in [0.15, 0.2) is 30.3 Å². The topological polar surface area (TPSA) is 15.3 Å². The summed E-state index contributed by atoms with van der Waals surface area (Å²) in [6.45, 7) is 4.47. The molecule has 1 heterocycles.